The smallest absolute Gasteiger partial charge is 0.236 e. The van der Waals surface area contributed by atoms with Crippen molar-refractivity contribution in [3.63, 3.8) is 0 Å². The molecule has 1 aliphatic carbocycles. The van der Waals surface area contributed by atoms with Crippen LogP contribution in [0.1, 0.15) is 0 Å². The van der Waals surface area contributed by atoms with Crippen LogP contribution in [0.2, 0.25) is 5.02 Å². The van der Waals surface area contributed by atoms with Crippen LogP contribution in [-0.4, -0.2) is 17.4 Å². The van der Waals surface area contributed by atoms with Gasteiger partial charge in [-0.1, -0.05) is 11.6 Å². The van der Waals surface area contributed by atoms with Crippen molar-refractivity contribution >= 4 is 55.2 Å². The molecule has 0 radical (unpaired) electrons. The first-order valence-corrected chi connectivity index (χ1v) is 8.43. The first-order valence-electron chi connectivity index (χ1n) is 5.54. The van der Waals surface area contributed by atoms with Gasteiger partial charge in [0.15, 0.2) is 10.6 Å². The molecule has 4 nitrogen and oxygen atoms in total. The van der Waals surface area contributed by atoms with E-state index in [9.17, 15) is 8.42 Å². The first-order chi connectivity index (χ1) is 9.50. The summed E-state index contributed by atoms with van der Waals surface area (Å²) >= 11 is 7.97. The molecule has 0 bridgehead atoms. The molecule has 2 heterocycles. The standard InChI is InChI=1S/C13H7ClIN2O2S/c14-9-6-11-12(15)8-17(13(11)16-7-9)20(18,19)10-4-2-1-3-5-10/h2-8H/q+1. The lowest BCUT2D eigenvalue weighted by Gasteiger charge is -2.04. The van der Waals surface area contributed by atoms with E-state index in [1.807, 2.05) is 0 Å². The van der Waals surface area contributed by atoms with Gasteiger partial charge in [-0.3, -0.25) is 0 Å². The second-order valence-corrected chi connectivity index (χ2v) is 7.45. The molecule has 0 atom stereocenters. The monoisotopic (exact) mass is 417 g/mol. The summed E-state index contributed by atoms with van der Waals surface area (Å²) < 4.78 is 27.2. The summed E-state index contributed by atoms with van der Waals surface area (Å²) in [6.45, 7) is 0. The summed E-state index contributed by atoms with van der Waals surface area (Å²) in [4.78, 5) is 4.33. The van der Waals surface area contributed by atoms with E-state index >= 15 is 0 Å². The Hall–Kier alpha value is -1.21. The van der Waals surface area contributed by atoms with E-state index in [4.69, 9.17) is 11.6 Å². The van der Waals surface area contributed by atoms with Crippen LogP contribution in [0.15, 0.2) is 47.7 Å². The number of pyridine rings is 1. The van der Waals surface area contributed by atoms with Crippen molar-refractivity contribution in [3.05, 3.63) is 62.3 Å². The van der Waals surface area contributed by atoms with E-state index < -0.39 is 10.0 Å². The Labute approximate surface area is 134 Å². The molecule has 0 aliphatic heterocycles. The lowest BCUT2D eigenvalue weighted by molar-refractivity contribution is 0.596. The van der Waals surface area contributed by atoms with Crippen LogP contribution >= 0.6 is 34.2 Å². The first kappa shape index (κ1) is 13.8. The minimum atomic E-state index is -3.67. The molecule has 7 heteroatoms. The van der Waals surface area contributed by atoms with Gasteiger partial charge in [-0.2, -0.15) is 8.42 Å². The predicted molar refractivity (Wildman–Crippen MR) is 86.8 cm³/mol. The number of hydrogen-bond donors (Lipinski definition) is 0. The molecule has 0 unspecified atom stereocenters. The van der Waals surface area contributed by atoms with Crippen molar-refractivity contribution in [3.8, 4) is 0 Å². The average Bonchev–Trinajstić information content (AvgIpc) is 2.77. The van der Waals surface area contributed by atoms with Gasteiger partial charge < -0.3 is 0 Å². The van der Waals surface area contributed by atoms with Crippen molar-refractivity contribution in [2.45, 2.75) is 0 Å². The summed E-state index contributed by atoms with van der Waals surface area (Å²) in [7, 11) is -3.67. The molecule has 2 aromatic rings. The van der Waals surface area contributed by atoms with Gasteiger partial charge in [-0.15, -0.1) is 0 Å². The SMILES string of the molecule is O=S(=O)(C1=CC=[C+]C=C1)n1cc(I)c2cc(Cl)cnc21. The van der Waals surface area contributed by atoms with Gasteiger partial charge in [0.25, 0.3) is 10.0 Å². The van der Waals surface area contributed by atoms with E-state index in [1.54, 1.807) is 24.4 Å². The van der Waals surface area contributed by atoms with Crippen LogP contribution in [0.4, 0.5) is 0 Å². The number of hydrogen-bond acceptors (Lipinski definition) is 3. The Morgan fingerprint density at radius 1 is 1.40 bits per heavy atom. The van der Waals surface area contributed by atoms with Crippen molar-refractivity contribution < 1.29 is 8.42 Å². The Morgan fingerprint density at radius 3 is 2.90 bits per heavy atom. The third-order valence-electron chi connectivity index (χ3n) is 2.77. The van der Waals surface area contributed by atoms with Crippen LogP contribution in [0.5, 0.6) is 0 Å². The molecule has 2 aromatic heterocycles. The highest BCUT2D eigenvalue weighted by molar-refractivity contribution is 14.1. The number of allylic oxidation sites excluding steroid dienone is 5. The van der Waals surface area contributed by atoms with E-state index in [0.717, 1.165) is 3.57 Å². The highest BCUT2D eigenvalue weighted by Crippen LogP contribution is 2.27. The van der Waals surface area contributed by atoms with Crippen molar-refractivity contribution in [1.82, 2.24) is 8.96 Å². The quantitative estimate of drug-likeness (QED) is 0.557. The number of rotatable bonds is 2. The number of halogens is 2. The third kappa shape index (κ3) is 2.18. The summed E-state index contributed by atoms with van der Waals surface area (Å²) in [6.07, 6.45) is 11.9. The minimum absolute atomic E-state index is 0.196. The normalized spacial score (nSPS) is 14.4. The van der Waals surface area contributed by atoms with Crippen molar-refractivity contribution in [1.29, 1.82) is 0 Å². The van der Waals surface area contributed by atoms with Gasteiger partial charge in [0.2, 0.25) is 0 Å². The van der Waals surface area contributed by atoms with E-state index in [-0.39, 0.29) is 4.91 Å². The molecule has 0 spiro atoms. The highest BCUT2D eigenvalue weighted by Gasteiger charge is 2.26. The molecule has 0 saturated carbocycles. The maximum atomic E-state index is 12.6. The minimum Gasteiger partial charge on any atom is -0.236 e. The largest absolute Gasteiger partial charge is 0.294 e. The lowest BCUT2D eigenvalue weighted by atomic mass is 10.3. The Bertz CT molecular complexity index is 894. The Balaban J connectivity index is 2.28. The van der Waals surface area contributed by atoms with Gasteiger partial charge in [0, 0.05) is 27.4 Å². The molecule has 0 amide bonds. The molecular weight excluding hydrogens is 411 g/mol. The second kappa shape index (κ2) is 4.96. The highest BCUT2D eigenvalue weighted by atomic mass is 127. The lowest BCUT2D eigenvalue weighted by Crippen LogP contribution is -2.14. The van der Waals surface area contributed by atoms with Crippen molar-refractivity contribution in [2.24, 2.45) is 0 Å². The summed E-state index contributed by atoms with van der Waals surface area (Å²) in [5, 5.41) is 1.18. The molecule has 0 fully saturated rings. The zero-order valence-electron chi connectivity index (χ0n) is 9.92. The van der Waals surface area contributed by atoms with Gasteiger partial charge in [0.05, 0.1) is 17.2 Å². The average molecular weight is 418 g/mol. The topological polar surface area (TPSA) is 52.0 Å². The van der Waals surface area contributed by atoms with Crippen LogP contribution in [0.25, 0.3) is 11.0 Å². The summed E-state index contributed by atoms with van der Waals surface area (Å²) in [5.41, 5.74) is 0.367. The van der Waals surface area contributed by atoms with Crippen molar-refractivity contribution in [2.75, 3.05) is 0 Å². The second-order valence-electron chi connectivity index (χ2n) is 4.04. The summed E-state index contributed by atoms with van der Waals surface area (Å²) in [5.74, 6) is 0. The summed E-state index contributed by atoms with van der Waals surface area (Å²) in [6, 6.07) is 1.70. The van der Waals surface area contributed by atoms with Crippen LogP contribution in [0.3, 0.4) is 0 Å². The van der Waals surface area contributed by atoms with Crippen LogP contribution < -0.4 is 0 Å². The van der Waals surface area contributed by atoms with Gasteiger partial charge in [0.1, 0.15) is 12.2 Å². The molecule has 0 N–H and O–H groups in total. The third-order valence-corrected chi connectivity index (χ3v) is 5.50. The predicted octanol–water partition coefficient (Wildman–Crippen LogP) is 3.29. The molecule has 20 heavy (non-hydrogen) atoms. The fraction of sp³-hybridized carbons (Fsp3) is 0. The molecule has 100 valence electrons. The van der Waals surface area contributed by atoms with E-state index in [0.29, 0.717) is 16.1 Å². The Kier molecular flexibility index (Phi) is 3.41. The van der Waals surface area contributed by atoms with Gasteiger partial charge in [-0.05, 0) is 28.7 Å². The molecule has 0 aromatic carbocycles. The molecular formula is C13H7ClIN2O2S+. The molecule has 1 aliphatic rings. The molecule has 3 rings (SSSR count). The zero-order valence-corrected chi connectivity index (χ0v) is 13.6. The number of fused-ring (bicyclic) bond motifs is 1. The zero-order chi connectivity index (χ0) is 14.3. The fourth-order valence-corrected chi connectivity index (χ4v) is 4.20. The van der Waals surface area contributed by atoms with Crippen LogP contribution in [-0.2, 0) is 10.0 Å². The van der Waals surface area contributed by atoms with Gasteiger partial charge in [-0.25, -0.2) is 8.96 Å². The maximum absolute atomic E-state index is 12.6. The maximum Gasteiger partial charge on any atom is 0.294 e. The number of aromatic nitrogens is 2. The van der Waals surface area contributed by atoms with Gasteiger partial charge >= 0.3 is 0 Å². The Morgan fingerprint density at radius 2 is 2.20 bits per heavy atom. The van der Waals surface area contributed by atoms with Crippen LogP contribution in [0, 0.1) is 9.65 Å². The van der Waals surface area contributed by atoms with E-state index in [1.165, 1.54) is 22.3 Å². The van der Waals surface area contributed by atoms with E-state index in [2.05, 4.69) is 33.7 Å². The number of nitrogens with zero attached hydrogens (tertiary/aromatic N) is 2. The fourth-order valence-electron chi connectivity index (χ4n) is 1.86. The molecule has 0 saturated heterocycles.